The summed E-state index contributed by atoms with van der Waals surface area (Å²) in [5.41, 5.74) is 6.20. The monoisotopic (exact) mass is 346 g/mol. The van der Waals surface area contributed by atoms with Crippen molar-refractivity contribution in [3.05, 3.63) is 29.8 Å². The smallest absolute Gasteiger partial charge is 0.222 e. The molecule has 0 spiro atoms. The van der Waals surface area contributed by atoms with Gasteiger partial charge in [-0.2, -0.15) is 0 Å². The number of likely N-dealkylation sites (tertiary alicyclic amines) is 1. The fourth-order valence-corrected chi connectivity index (χ4v) is 3.31. The standard InChI is InChI=1S/C20H30N2O3/c1-25-18-9-7-16(8-10-18)20(24)17-11-14-22(15-12-17)19(23)6-4-2-3-5-13-21/h7-10,17H,2-6,11-15,21H2,1H3. The Bertz CT molecular complexity index is 549. The van der Waals surface area contributed by atoms with Crippen LogP contribution in [0.5, 0.6) is 5.75 Å². The highest BCUT2D eigenvalue weighted by Crippen LogP contribution is 2.23. The van der Waals surface area contributed by atoms with Crippen LogP contribution in [0.1, 0.15) is 55.3 Å². The number of nitrogens with zero attached hydrogens (tertiary/aromatic N) is 1. The number of carbonyl (C=O) groups excluding carboxylic acids is 2. The fourth-order valence-electron chi connectivity index (χ4n) is 3.31. The topological polar surface area (TPSA) is 72.6 Å². The first-order valence-corrected chi connectivity index (χ1v) is 9.32. The van der Waals surface area contributed by atoms with Crippen LogP contribution < -0.4 is 10.5 Å². The van der Waals surface area contributed by atoms with E-state index in [0.29, 0.717) is 19.5 Å². The molecule has 5 nitrogen and oxygen atoms in total. The molecular weight excluding hydrogens is 316 g/mol. The van der Waals surface area contributed by atoms with Crippen molar-refractivity contribution in [2.75, 3.05) is 26.7 Å². The number of ether oxygens (including phenoxy) is 1. The summed E-state index contributed by atoms with van der Waals surface area (Å²) in [5, 5.41) is 0. The second kappa shape index (κ2) is 10.2. The lowest BCUT2D eigenvalue weighted by atomic mass is 9.88. The Kier molecular flexibility index (Phi) is 7.92. The van der Waals surface area contributed by atoms with E-state index >= 15 is 0 Å². The van der Waals surface area contributed by atoms with Gasteiger partial charge in [0.2, 0.25) is 5.91 Å². The van der Waals surface area contributed by atoms with Gasteiger partial charge in [0.05, 0.1) is 7.11 Å². The molecule has 1 fully saturated rings. The summed E-state index contributed by atoms with van der Waals surface area (Å²) in [7, 11) is 1.61. The van der Waals surface area contributed by atoms with E-state index in [1.807, 2.05) is 29.2 Å². The molecule has 138 valence electrons. The number of benzene rings is 1. The molecule has 1 aliphatic heterocycles. The Labute approximate surface area is 150 Å². The molecule has 2 N–H and O–H groups in total. The van der Waals surface area contributed by atoms with Crippen LogP contribution in [0.2, 0.25) is 0 Å². The minimum atomic E-state index is 0.0157. The van der Waals surface area contributed by atoms with Crippen LogP contribution in [0.4, 0.5) is 0 Å². The van der Waals surface area contributed by atoms with Crippen LogP contribution in [0.3, 0.4) is 0 Å². The molecule has 0 atom stereocenters. The number of carbonyl (C=O) groups is 2. The van der Waals surface area contributed by atoms with Crippen molar-refractivity contribution in [3.63, 3.8) is 0 Å². The number of hydrogen-bond acceptors (Lipinski definition) is 4. The summed E-state index contributed by atoms with van der Waals surface area (Å²) in [4.78, 5) is 26.8. The van der Waals surface area contributed by atoms with Gasteiger partial charge in [-0.05, 0) is 56.5 Å². The first-order chi connectivity index (χ1) is 12.2. The molecule has 1 saturated heterocycles. The van der Waals surface area contributed by atoms with Crippen molar-refractivity contribution >= 4 is 11.7 Å². The molecule has 0 bridgehead atoms. The summed E-state index contributed by atoms with van der Waals surface area (Å²) in [6.07, 6.45) is 6.25. The number of amides is 1. The maximum atomic E-state index is 12.6. The van der Waals surface area contributed by atoms with Crippen LogP contribution in [0.15, 0.2) is 24.3 Å². The molecule has 0 radical (unpaired) electrons. The van der Waals surface area contributed by atoms with Gasteiger partial charge >= 0.3 is 0 Å². The molecule has 1 aromatic carbocycles. The summed E-state index contributed by atoms with van der Waals surface area (Å²) in [6, 6.07) is 7.27. The summed E-state index contributed by atoms with van der Waals surface area (Å²) >= 11 is 0. The molecule has 1 aromatic rings. The van der Waals surface area contributed by atoms with Crippen LogP contribution in [0, 0.1) is 5.92 Å². The number of Topliss-reactive ketones (excluding diaryl/α,β-unsaturated/α-hetero) is 1. The zero-order chi connectivity index (χ0) is 18.1. The number of piperidine rings is 1. The van der Waals surface area contributed by atoms with Crippen molar-refractivity contribution < 1.29 is 14.3 Å². The molecule has 0 aromatic heterocycles. The van der Waals surface area contributed by atoms with Gasteiger partial charge in [-0.3, -0.25) is 9.59 Å². The number of hydrogen-bond donors (Lipinski definition) is 1. The predicted octanol–water partition coefficient (Wildman–Crippen LogP) is 3.03. The van der Waals surface area contributed by atoms with Crippen LogP contribution in [0.25, 0.3) is 0 Å². The van der Waals surface area contributed by atoms with Gasteiger partial charge in [0.1, 0.15) is 5.75 Å². The van der Waals surface area contributed by atoms with E-state index in [-0.39, 0.29) is 17.6 Å². The second-order valence-electron chi connectivity index (χ2n) is 6.70. The van der Waals surface area contributed by atoms with Gasteiger partial charge in [-0.1, -0.05) is 12.8 Å². The molecule has 1 amide bonds. The molecule has 1 heterocycles. The molecule has 2 rings (SSSR count). The number of methoxy groups -OCH3 is 1. The van der Waals surface area contributed by atoms with Gasteiger partial charge in [-0.15, -0.1) is 0 Å². The number of nitrogens with two attached hydrogens (primary N) is 1. The quantitative estimate of drug-likeness (QED) is 0.551. The van der Waals surface area contributed by atoms with Crippen molar-refractivity contribution in [2.24, 2.45) is 11.7 Å². The van der Waals surface area contributed by atoms with Crippen molar-refractivity contribution in [3.8, 4) is 5.75 Å². The summed E-state index contributed by atoms with van der Waals surface area (Å²) < 4.78 is 5.13. The Hall–Kier alpha value is -1.88. The van der Waals surface area contributed by atoms with Gasteiger partial charge in [0, 0.05) is 31.0 Å². The molecule has 1 aliphatic rings. The maximum Gasteiger partial charge on any atom is 0.222 e. The number of ketones is 1. The van der Waals surface area contributed by atoms with Crippen molar-refractivity contribution in [1.29, 1.82) is 0 Å². The number of rotatable bonds is 9. The van der Waals surface area contributed by atoms with Crippen LogP contribution in [-0.2, 0) is 4.79 Å². The second-order valence-corrected chi connectivity index (χ2v) is 6.70. The average Bonchev–Trinajstić information content (AvgIpc) is 2.67. The third kappa shape index (κ3) is 5.85. The van der Waals surface area contributed by atoms with Gasteiger partial charge < -0.3 is 15.4 Å². The molecular formula is C20H30N2O3. The van der Waals surface area contributed by atoms with E-state index in [1.165, 1.54) is 0 Å². The number of unbranched alkanes of at least 4 members (excludes halogenated alkanes) is 3. The molecule has 0 unspecified atom stereocenters. The molecule has 5 heteroatoms. The van der Waals surface area contributed by atoms with Crippen molar-refractivity contribution in [1.82, 2.24) is 4.90 Å². The Morgan fingerprint density at radius 3 is 2.32 bits per heavy atom. The minimum absolute atomic E-state index is 0.0157. The maximum absolute atomic E-state index is 12.6. The highest BCUT2D eigenvalue weighted by Gasteiger charge is 2.27. The minimum Gasteiger partial charge on any atom is -0.497 e. The van der Waals surface area contributed by atoms with Crippen LogP contribution >= 0.6 is 0 Å². The first kappa shape index (κ1) is 19.4. The lowest BCUT2D eigenvalue weighted by Crippen LogP contribution is -2.40. The van der Waals surface area contributed by atoms with Gasteiger partial charge in [-0.25, -0.2) is 0 Å². The summed E-state index contributed by atoms with van der Waals surface area (Å²) in [6.45, 7) is 2.10. The molecule has 0 aliphatic carbocycles. The molecule has 0 saturated carbocycles. The third-order valence-corrected chi connectivity index (χ3v) is 4.94. The third-order valence-electron chi connectivity index (χ3n) is 4.94. The normalized spacial score (nSPS) is 15.2. The van der Waals surface area contributed by atoms with E-state index in [0.717, 1.165) is 56.4 Å². The lowest BCUT2D eigenvalue weighted by molar-refractivity contribution is -0.132. The SMILES string of the molecule is COc1ccc(C(=O)C2CCN(C(=O)CCCCCCN)CC2)cc1. The zero-order valence-electron chi connectivity index (χ0n) is 15.2. The van der Waals surface area contributed by atoms with E-state index < -0.39 is 0 Å². The highest BCUT2D eigenvalue weighted by molar-refractivity contribution is 5.98. The Morgan fingerprint density at radius 1 is 1.08 bits per heavy atom. The van der Waals surface area contributed by atoms with Gasteiger partial charge in [0.25, 0.3) is 0 Å². The van der Waals surface area contributed by atoms with Crippen molar-refractivity contribution in [2.45, 2.75) is 44.9 Å². The Balaban J connectivity index is 1.74. The lowest BCUT2D eigenvalue weighted by Gasteiger charge is -2.31. The van der Waals surface area contributed by atoms with Gasteiger partial charge in [0.15, 0.2) is 5.78 Å². The first-order valence-electron chi connectivity index (χ1n) is 9.32. The molecule has 25 heavy (non-hydrogen) atoms. The van der Waals surface area contributed by atoms with E-state index in [1.54, 1.807) is 7.11 Å². The zero-order valence-corrected chi connectivity index (χ0v) is 15.2. The van der Waals surface area contributed by atoms with E-state index in [9.17, 15) is 9.59 Å². The van der Waals surface area contributed by atoms with E-state index in [2.05, 4.69) is 0 Å². The Morgan fingerprint density at radius 2 is 1.72 bits per heavy atom. The largest absolute Gasteiger partial charge is 0.497 e. The van der Waals surface area contributed by atoms with E-state index in [4.69, 9.17) is 10.5 Å². The highest BCUT2D eigenvalue weighted by atomic mass is 16.5. The fraction of sp³-hybridized carbons (Fsp3) is 0.600. The summed E-state index contributed by atoms with van der Waals surface area (Å²) in [5.74, 6) is 1.17. The van der Waals surface area contributed by atoms with Crippen LogP contribution in [-0.4, -0.2) is 43.3 Å². The average molecular weight is 346 g/mol. The predicted molar refractivity (Wildman–Crippen MR) is 98.8 cm³/mol.